The third-order valence-corrected chi connectivity index (χ3v) is 5.40. The highest BCUT2D eigenvalue weighted by Crippen LogP contribution is 2.08. The van der Waals surface area contributed by atoms with Crippen LogP contribution >= 0.6 is 0 Å². The first-order chi connectivity index (χ1) is 16.7. The number of hydrogen-bond donors (Lipinski definition) is 3. The van der Waals surface area contributed by atoms with Crippen LogP contribution < -0.4 is 0 Å². The summed E-state index contributed by atoms with van der Waals surface area (Å²) in [6.07, 6.45) is 1.42. The summed E-state index contributed by atoms with van der Waals surface area (Å²) in [6.45, 7) is 0.938. The minimum atomic E-state index is 0.313. The summed E-state index contributed by atoms with van der Waals surface area (Å²) >= 11 is 0. The molecule has 3 aromatic carbocycles. The lowest BCUT2D eigenvalue weighted by atomic mass is 10.0. The molecule has 0 heterocycles. The van der Waals surface area contributed by atoms with Crippen molar-refractivity contribution in [1.82, 2.24) is 4.90 Å². The summed E-state index contributed by atoms with van der Waals surface area (Å²) in [5.41, 5.74) is 4.74. The maximum atomic E-state index is 9.69. The Labute approximate surface area is 200 Å². The Hall–Kier alpha value is -3.97. The first-order valence-corrected chi connectivity index (χ1v) is 11.1. The highest BCUT2D eigenvalue weighted by Gasteiger charge is 2.17. The highest BCUT2D eigenvalue weighted by atomic mass is 16.4. The van der Waals surface area contributed by atoms with E-state index in [4.69, 9.17) is 0 Å². The predicted octanol–water partition coefficient (Wildman–Crippen LogP) is 4.51. The Balaban J connectivity index is 1.76. The minimum absolute atomic E-state index is 0.313. The summed E-state index contributed by atoms with van der Waals surface area (Å²) < 4.78 is 0. The second-order valence-electron chi connectivity index (χ2n) is 8.13. The molecule has 0 unspecified atom stereocenters. The normalized spacial score (nSPS) is 12.8. The van der Waals surface area contributed by atoms with E-state index in [0.29, 0.717) is 56.0 Å². The predicted molar refractivity (Wildman–Crippen MR) is 135 cm³/mol. The van der Waals surface area contributed by atoms with Gasteiger partial charge in [0.05, 0.1) is 17.1 Å². The number of benzene rings is 3. The summed E-state index contributed by atoms with van der Waals surface area (Å²) in [5.74, 6) is 0. The van der Waals surface area contributed by atoms with E-state index in [1.807, 2.05) is 95.9 Å². The fraction of sp³-hybridized carbons (Fsp3) is 0.222. The third-order valence-electron chi connectivity index (χ3n) is 5.40. The first kappa shape index (κ1) is 24.7. The van der Waals surface area contributed by atoms with Crippen LogP contribution in [0.4, 0.5) is 0 Å². The molecule has 7 heteroatoms. The van der Waals surface area contributed by atoms with E-state index >= 15 is 0 Å². The van der Waals surface area contributed by atoms with Gasteiger partial charge in [0.15, 0.2) is 0 Å². The molecular formula is C27H30N4O3. The van der Waals surface area contributed by atoms with Gasteiger partial charge >= 0.3 is 0 Å². The molecule has 7 nitrogen and oxygen atoms in total. The van der Waals surface area contributed by atoms with Crippen molar-refractivity contribution >= 4 is 17.1 Å². The average Bonchev–Trinajstić information content (AvgIpc) is 2.89. The molecular weight excluding hydrogens is 428 g/mol. The van der Waals surface area contributed by atoms with Crippen LogP contribution in [0, 0.1) is 0 Å². The highest BCUT2D eigenvalue weighted by molar-refractivity contribution is 5.93. The topological polar surface area (TPSA) is 101 Å². The monoisotopic (exact) mass is 458 g/mol. The van der Waals surface area contributed by atoms with Crippen molar-refractivity contribution in [3.8, 4) is 0 Å². The molecule has 0 aliphatic rings. The van der Waals surface area contributed by atoms with Crippen molar-refractivity contribution in [2.24, 2.45) is 15.5 Å². The molecule has 0 atom stereocenters. The molecule has 176 valence electrons. The number of hydrogen-bond acceptors (Lipinski definition) is 7. The van der Waals surface area contributed by atoms with Crippen LogP contribution in [0.2, 0.25) is 0 Å². The summed E-state index contributed by atoms with van der Waals surface area (Å²) in [6, 6.07) is 29.3. The SMILES string of the molecule is O/N=C(/Cc1ccccc1)CN(C/C(Cc1ccccc1)=N\O)C/C(Cc1ccccc1)=N/O. The van der Waals surface area contributed by atoms with Gasteiger partial charge in [-0.25, -0.2) is 0 Å². The van der Waals surface area contributed by atoms with Gasteiger partial charge in [-0.15, -0.1) is 0 Å². The maximum absolute atomic E-state index is 9.69. The van der Waals surface area contributed by atoms with Crippen LogP contribution in [0.15, 0.2) is 106 Å². The summed E-state index contributed by atoms with van der Waals surface area (Å²) in [7, 11) is 0. The van der Waals surface area contributed by atoms with Crippen molar-refractivity contribution < 1.29 is 15.6 Å². The maximum Gasteiger partial charge on any atom is 0.0754 e. The Morgan fingerprint density at radius 1 is 0.471 bits per heavy atom. The lowest BCUT2D eigenvalue weighted by Gasteiger charge is -2.23. The van der Waals surface area contributed by atoms with Crippen molar-refractivity contribution in [1.29, 1.82) is 0 Å². The quantitative estimate of drug-likeness (QED) is 0.211. The van der Waals surface area contributed by atoms with Crippen LogP contribution in [0.5, 0.6) is 0 Å². The van der Waals surface area contributed by atoms with E-state index in [1.54, 1.807) is 0 Å². The van der Waals surface area contributed by atoms with Gasteiger partial charge in [0, 0.05) is 38.9 Å². The molecule has 0 bridgehead atoms. The largest absolute Gasteiger partial charge is 0.411 e. The van der Waals surface area contributed by atoms with Crippen LogP contribution in [-0.4, -0.2) is 57.3 Å². The molecule has 3 rings (SSSR count). The van der Waals surface area contributed by atoms with Gasteiger partial charge in [-0.2, -0.15) is 0 Å². The number of oxime groups is 3. The van der Waals surface area contributed by atoms with E-state index in [2.05, 4.69) is 15.5 Å². The Kier molecular flexibility index (Phi) is 9.83. The second-order valence-corrected chi connectivity index (χ2v) is 8.13. The van der Waals surface area contributed by atoms with Crippen molar-refractivity contribution in [2.75, 3.05) is 19.6 Å². The first-order valence-electron chi connectivity index (χ1n) is 11.1. The van der Waals surface area contributed by atoms with E-state index in [-0.39, 0.29) is 0 Å². The number of rotatable bonds is 12. The van der Waals surface area contributed by atoms with Crippen LogP contribution in [0.3, 0.4) is 0 Å². The minimum Gasteiger partial charge on any atom is -0.411 e. The lowest BCUT2D eigenvalue weighted by Crippen LogP contribution is -2.40. The zero-order valence-corrected chi connectivity index (χ0v) is 19.0. The van der Waals surface area contributed by atoms with Gasteiger partial charge in [0.2, 0.25) is 0 Å². The smallest absolute Gasteiger partial charge is 0.0754 e. The number of nitrogens with zero attached hydrogens (tertiary/aromatic N) is 4. The van der Waals surface area contributed by atoms with Gasteiger partial charge in [-0.1, -0.05) is 106 Å². The summed E-state index contributed by atoms with van der Waals surface area (Å²) in [4.78, 5) is 1.95. The molecule has 0 aromatic heterocycles. The van der Waals surface area contributed by atoms with Gasteiger partial charge in [-0.3, -0.25) is 4.90 Å². The Morgan fingerprint density at radius 3 is 0.971 bits per heavy atom. The molecule has 0 saturated carbocycles. The zero-order valence-electron chi connectivity index (χ0n) is 19.0. The van der Waals surface area contributed by atoms with Crippen LogP contribution in [0.25, 0.3) is 0 Å². The molecule has 3 aromatic rings. The average molecular weight is 459 g/mol. The zero-order chi connectivity index (χ0) is 24.0. The molecule has 34 heavy (non-hydrogen) atoms. The molecule has 0 saturated heterocycles. The van der Waals surface area contributed by atoms with Crippen molar-refractivity contribution in [2.45, 2.75) is 19.3 Å². The molecule has 0 aliphatic heterocycles. The standard InChI is InChI=1S/C27H30N4O3/c32-28-25(16-22-10-4-1-5-11-22)19-31(20-26(29-33)17-23-12-6-2-7-13-23)21-27(30-34)18-24-14-8-3-9-15-24/h1-15,32-34H,16-21H2/b28-25-,29-26-,30-27+. The van der Waals surface area contributed by atoms with Crippen LogP contribution in [0.1, 0.15) is 16.7 Å². The Bertz CT molecular complexity index is 943. The fourth-order valence-corrected chi connectivity index (χ4v) is 3.81. The molecule has 0 radical (unpaired) electrons. The lowest BCUT2D eigenvalue weighted by molar-refractivity contribution is 0.299. The van der Waals surface area contributed by atoms with E-state index < -0.39 is 0 Å². The van der Waals surface area contributed by atoms with Crippen LogP contribution in [-0.2, 0) is 19.3 Å². The van der Waals surface area contributed by atoms with Gasteiger partial charge in [0.25, 0.3) is 0 Å². The van der Waals surface area contributed by atoms with Gasteiger partial charge in [0.1, 0.15) is 0 Å². The van der Waals surface area contributed by atoms with E-state index in [0.717, 1.165) is 16.7 Å². The third kappa shape index (κ3) is 8.18. The molecule has 0 fully saturated rings. The fourth-order valence-electron chi connectivity index (χ4n) is 3.81. The molecule has 0 spiro atoms. The van der Waals surface area contributed by atoms with Crippen molar-refractivity contribution in [3.05, 3.63) is 108 Å². The Morgan fingerprint density at radius 2 is 0.735 bits per heavy atom. The second kappa shape index (κ2) is 13.5. The van der Waals surface area contributed by atoms with E-state index in [9.17, 15) is 15.6 Å². The van der Waals surface area contributed by atoms with Gasteiger partial charge in [-0.05, 0) is 16.7 Å². The van der Waals surface area contributed by atoms with Crippen molar-refractivity contribution in [3.63, 3.8) is 0 Å². The molecule has 0 amide bonds. The van der Waals surface area contributed by atoms with E-state index in [1.165, 1.54) is 0 Å². The molecule has 3 N–H and O–H groups in total. The van der Waals surface area contributed by atoms with Gasteiger partial charge < -0.3 is 15.6 Å². The summed E-state index contributed by atoms with van der Waals surface area (Å²) in [5, 5.41) is 39.7. The molecule has 0 aliphatic carbocycles.